The summed E-state index contributed by atoms with van der Waals surface area (Å²) in [6.45, 7) is 9.24. The molecule has 0 radical (unpaired) electrons. The van der Waals surface area contributed by atoms with Crippen LogP contribution in [0.2, 0.25) is 0 Å². The van der Waals surface area contributed by atoms with Crippen molar-refractivity contribution < 1.29 is 9.47 Å². The number of likely N-dealkylation sites (N-methyl/N-ethyl adjacent to an activating group) is 1. The van der Waals surface area contributed by atoms with Gasteiger partial charge in [-0.25, -0.2) is 4.99 Å². The lowest BCUT2D eigenvalue weighted by atomic mass is 10.1. The van der Waals surface area contributed by atoms with Gasteiger partial charge in [0.05, 0.1) is 13.7 Å². The smallest absolute Gasteiger partial charge is 0.191 e. The van der Waals surface area contributed by atoms with E-state index in [9.17, 15) is 0 Å². The molecule has 0 aliphatic carbocycles. The Morgan fingerprint density at radius 2 is 1.96 bits per heavy atom. The van der Waals surface area contributed by atoms with Crippen molar-refractivity contribution in [2.75, 3.05) is 54.1 Å². The first-order chi connectivity index (χ1) is 12.1. The Morgan fingerprint density at radius 3 is 2.62 bits per heavy atom. The van der Waals surface area contributed by atoms with E-state index in [2.05, 4.69) is 46.6 Å². The summed E-state index contributed by atoms with van der Waals surface area (Å²) < 4.78 is 10.5. The van der Waals surface area contributed by atoms with E-state index >= 15 is 0 Å². The zero-order chi connectivity index (χ0) is 18.5. The molecule has 0 saturated heterocycles. The standard InChI is InChI=1S/C19H34N4O2.HI/c1-6-20-19(21-10-12-23(3)11-7-13-24-4)22-15-17-9-8-16(2)18(14-17)25-5;/h8-9,14H,6-7,10-13,15H2,1-5H3,(H2,20,21,22);1H. The third-order valence-corrected chi connectivity index (χ3v) is 3.91. The number of aliphatic imine (C=N–C) groups is 1. The second-order valence-corrected chi connectivity index (χ2v) is 6.08. The quantitative estimate of drug-likeness (QED) is 0.222. The predicted molar refractivity (Wildman–Crippen MR) is 120 cm³/mol. The number of rotatable bonds is 11. The molecule has 150 valence electrons. The fraction of sp³-hybridized carbons (Fsp3) is 0.632. The molecule has 0 aliphatic heterocycles. The van der Waals surface area contributed by atoms with Crippen molar-refractivity contribution >= 4 is 29.9 Å². The zero-order valence-corrected chi connectivity index (χ0v) is 19.1. The molecule has 0 amide bonds. The Labute approximate surface area is 175 Å². The molecule has 6 nitrogen and oxygen atoms in total. The molecule has 0 spiro atoms. The summed E-state index contributed by atoms with van der Waals surface area (Å²) in [7, 11) is 5.56. The van der Waals surface area contributed by atoms with Gasteiger partial charge in [-0.1, -0.05) is 12.1 Å². The molecule has 2 N–H and O–H groups in total. The molecule has 0 bridgehead atoms. The molecule has 0 saturated carbocycles. The SMILES string of the molecule is CCNC(=NCc1ccc(C)c(OC)c1)NCCN(C)CCCOC.I. The van der Waals surface area contributed by atoms with Crippen LogP contribution in [0.3, 0.4) is 0 Å². The highest BCUT2D eigenvalue weighted by Crippen LogP contribution is 2.19. The lowest BCUT2D eigenvalue weighted by Crippen LogP contribution is -2.41. The van der Waals surface area contributed by atoms with E-state index in [0.29, 0.717) is 6.54 Å². The molecular weight excluding hydrogens is 443 g/mol. The van der Waals surface area contributed by atoms with Crippen molar-refractivity contribution in [3.8, 4) is 5.75 Å². The third kappa shape index (κ3) is 10.2. The Bertz CT molecular complexity index is 526. The number of nitrogens with one attached hydrogen (secondary N) is 2. The van der Waals surface area contributed by atoms with E-state index in [4.69, 9.17) is 9.47 Å². The second kappa shape index (κ2) is 15.0. The average molecular weight is 478 g/mol. The molecule has 1 aromatic rings. The van der Waals surface area contributed by atoms with Crippen molar-refractivity contribution in [2.45, 2.75) is 26.8 Å². The topological polar surface area (TPSA) is 58.1 Å². The first-order valence-electron chi connectivity index (χ1n) is 8.93. The molecule has 0 unspecified atom stereocenters. The normalized spacial score (nSPS) is 11.2. The Hall–Kier alpha value is -1.06. The van der Waals surface area contributed by atoms with Crippen molar-refractivity contribution in [2.24, 2.45) is 4.99 Å². The fourth-order valence-corrected chi connectivity index (χ4v) is 2.43. The number of hydrogen-bond donors (Lipinski definition) is 2. The molecule has 1 rings (SSSR count). The van der Waals surface area contributed by atoms with Gasteiger partial charge in [0.25, 0.3) is 0 Å². The molecule has 0 aliphatic rings. The summed E-state index contributed by atoms with van der Waals surface area (Å²) in [5.74, 6) is 1.75. The molecule has 1 aromatic carbocycles. The summed E-state index contributed by atoms with van der Waals surface area (Å²) >= 11 is 0. The van der Waals surface area contributed by atoms with Gasteiger partial charge >= 0.3 is 0 Å². The summed E-state index contributed by atoms with van der Waals surface area (Å²) in [6, 6.07) is 6.21. The first kappa shape index (κ1) is 24.9. The van der Waals surface area contributed by atoms with E-state index < -0.39 is 0 Å². The Kier molecular flexibility index (Phi) is 14.4. The van der Waals surface area contributed by atoms with Crippen LogP contribution in [0.1, 0.15) is 24.5 Å². The predicted octanol–water partition coefficient (Wildman–Crippen LogP) is 2.65. The van der Waals surface area contributed by atoms with Crippen LogP contribution in [0, 0.1) is 6.92 Å². The van der Waals surface area contributed by atoms with Gasteiger partial charge in [-0.15, -0.1) is 24.0 Å². The molecule has 7 heteroatoms. The van der Waals surface area contributed by atoms with Gasteiger partial charge < -0.3 is 25.0 Å². The van der Waals surface area contributed by atoms with Gasteiger partial charge in [-0.3, -0.25) is 0 Å². The fourth-order valence-electron chi connectivity index (χ4n) is 2.43. The van der Waals surface area contributed by atoms with Crippen LogP contribution in [-0.4, -0.2) is 64.9 Å². The van der Waals surface area contributed by atoms with Gasteiger partial charge in [-0.2, -0.15) is 0 Å². The lowest BCUT2D eigenvalue weighted by Gasteiger charge is -2.18. The van der Waals surface area contributed by atoms with Gasteiger partial charge in [-0.05, 0) is 44.5 Å². The summed E-state index contributed by atoms with van der Waals surface area (Å²) in [5.41, 5.74) is 2.27. The second-order valence-electron chi connectivity index (χ2n) is 6.08. The molecule has 0 aromatic heterocycles. The van der Waals surface area contributed by atoms with Gasteiger partial charge in [0.2, 0.25) is 0 Å². The van der Waals surface area contributed by atoms with Crippen LogP contribution in [0.5, 0.6) is 5.75 Å². The summed E-state index contributed by atoms with van der Waals surface area (Å²) in [6.07, 6.45) is 1.05. The molecule has 0 atom stereocenters. The highest BCUT2D eigenvalue weighted by molar-refractivity contribution is 14.0. The van der Waals surface area contributed by atoms with Crippen LogP contribution >= 0.6 is 24.0 Å². The third-order valence-electron chi connectivity index (χ3n) is 3.91. The maximum absolute atomic E-state index is 5.38. The van der Waals surface area contributed by atoms with E-state index in [1.165, 1.54) is 0 Å². The van der Waals surface area contributed by atoms with Crippen LogP contribution in [-0.2, 0) is 11.3 Å². The average Bonchev–Trinajstić information content (AvgIpc) is 2.61. The minimum absolute atomic E-state index is 0. The number of ether oxygens (including phenoxy) is 2. The van der Waals surface area contributed by atoms with Crippen LogP contribution in [0.4, 0.5) is 0 Å². The van der Waals surface area contributed by atoms with E-state index in [-0.39, 0.29) is 24.0 Å². The molecule has 26 heavy (non-hydrogen) atoms. The molecular formula is C19H35IN4O2. The maximum Gasteiger partial charge on any atom is 0.191 e. The number of guanidine groups is 1. The maximum atomic E-state index is 5.38. The minimum atomic E-state index is 0. The van der Waals surface area contributed by atoms with E-state index in [1.54, 1.807) is 14.2 Å². The van der Waals surface area contributed by atoms with Gasteiger partial charge in [0, 0.05) is 39.9 Å². The molecule has 0 heterocycles. The number of nitrogens with zero attached hydrogens (tertiary/aromatic N) is 2. The monoisotopic (exact) mass is 478 g/mol. The summed E-state index contributed by atoms with van der Waals surface area (Å²) in [4.78, 5) is 6.95. The van der Waals surface area contributed by atoms with E-state index in [0.717, 1.165) is 62.0 Å². The van der Waals surface area contributed by atoms with Crippen molar-refractivity contribution in [1.82, 2.24) is 15.5 Å². The molecule has 0 fully saturated rings. The van der Waals surface area contributed by atoms with E-state index in [1.807, 2.05) is 13.0 Å². The van der Waals surface area contributed by atoms with Crippen LogP contribution in [0.25, 0.3) is 0 Å². The van der Waals surface area contributed by atoms with Crippen molar-refractivity contribution in [3.05, 3.63) is 29.3 Å². The van der Waals surface area contributed by atoms with Crippen molar-refractivity contribution in [1.29, 1.82) is 0 Å². The van der Waals surface area contributed by atoms with Crippen LogP contribution < -0.4 is 15.4 Å². The van der Waals surface area contributed by atoms with Gasteiger partial charge in [0.1, 0.15) is 5.75 Å². The number of hydrogen-bond acceptors (Lipinski definition) is 4. The van der Waals surface area contributed by atoms with Crippen LogP contribution in [0.15, 0.2) is 23.2 Å². The largest absolute Gasteiger partial charge is 0.496 e. The highest BCUT2D eigenvalue weighted by Gasteiger charge is 2.03. The number of aryl methyl sites for hydroxylation is 1. The zero-order valence-electron chi connectivity index (χ0n) is 16.8. The highest BCUT2D eigenvalue weighted by atomic mass is 127. The Morgan fingerprint density at radius 1 is 1.19 bits per heavy atom. The summed E-state index contributed by atoms with van der Waals surface area (Å²) in [5, 5.41) is 6.67. The lowest BCUT2D eigenvalue weighted by molar-refractivity contribution is 0.180. The number of methoxy groups -OCH3 is 2. The van der Waals surface area contributed by atoms with Gasteiger partial charge in [0.15, 0.2) is 5.96 Å². The Balaban J connectivity index is 0.00000625. The number of benzene rings is 1. The first-order valence-corrected chi connectivity index (χ1v) is 8.93. The van der Waals surface area contributed by atoms with Crippen molar-refractivity contribution in [3.63, 3.8) is 0 Å². The number of halogens is 1. The minimum Gasteiger partial charge on any atom is -0.496 e.